The van der Waals surface area contributed by atoms with Crippen LogP contribution in [0, 0.1) is 6.92 Å². The number of carbonyl (C=O) groups excluding carboxylic acids is 1. The van der Waals surface area contributed by atoms with E-state index in [1.54, 1.807) is 7.11 Å². The zero-order valence-electron chi connectivity index (χ0n) is 13.9. The molecule has 0 radical (unpaired) electrons. The molecule has 0 heterocycles. The summed E-state index contributed by atoms with van der Waals surface area (Å²) in [6.45, 7) is 4.07. The standard InChI is InChI=1S/C18H28N2O2/c1-13-8-4-5-9-15(13)20-18(21)12-14(2)19-16-10-6-7-11-17(16)22-3/h4-5,8-9,14,16-17,19H,6-7,10-12H2,1-3H3,(H,20,21)/t14-,16-,17-/m1/s1. The Morgan fingerprint density at radius 2 is 2.05 bits per heavy atom. The predicted octanol–water partition coefficient (Wildman–Crippen LogP) is 3.26. The van der Waals surface area contributed by atoms with Crippen molar-refractivity contribution >= 4 is 11.6 Å². The number of rotatable bonds is 6. The Hall–Kier alpha value is -1.39. The zero-order valence-corrected chi connectivity index (χ0v) is 13.9. The molecule has 1 fully saturated rings. The van der Waals surface area contributed by atoms with Crippen LogP contribution in [-0.2, 0) is 9.53 Å². The number of amides is 1. The van der Waals surface area contributed by atoms with E-state index in [-0.39, 0.29) is 18.1 Å². The summed E-state index contributed by atoms with van der Waals surface area (Å²) in [5, 5.41) is 6.56. The highest BCUT2D eigenvalue weighted by atomic mass is 16.5. The Morgan fingerprint density at radius 3 is 2.77 bits per heavy atom. The van der Waals surface area contributed by atoms with Gasteiger partial charge in [-0.1, -0.05) is 31.0 Å². The average Bonchev–Trinajstić information content (AvgIpc) is 2.50. The van der Waals surface area contributed by atoms with E-state index >= 15 is 0 Å². The lowest BCUT2D eigenvalue weighted by Crippen LogP contribution is -2.47. The molecular weight excluding hydrogens is 276 g/mol. The number of hydrogen-bond donors (Lipinski definition) is 2. The van der Waals surface area contributed by atoms with Crippen LogP contribution in [0.3, 0.4) is 0 Å². The molecule has 0 saturated heterocycles. The van der Waals surface area contributed by atoms with Crippen LogP contribution in [0.4, 0.5) is 5.69 Å². The van der Waals surface area contributed by atoms with Crippen molar-refractivity contribution in [2.75, 3.05) is 12.4 Å². The van der Waals surface area contributed by atoms with E-state index in [1.165, 1.54) is 12.8 Å². The van der Waals surface area contributed by atoms with Gasteiger partial charge < -0.3 is 15.4 Å². The number of ether oxygens (including phenoxy) is 1. The highest BCUT2D eigenvalue weighted by Gasteiger charge is 2.26. The van der Waals surface area contributed by atoms with Gasteiger partial charge in [0.15, 0.2) is 0 Å². The monoisotopic (exact) mass is 304 g/mol. The van der Waals surface area contributed by atoms with Gasteiger partial charge in [0.2, 0.25) is 5.91 Å². The van der Waals surface area contributed by atoms with E-state index in [2.05, 4.69) is 17.6 Å². The third-order valence-electron chi connectivity index (χ3n) is 4.41. The van der Waals surface area contributed by atoms with E-state index in [9.17, 15) is 4.79 Å². The summed E-state index contributed by atoms with van der Waals surface area (Å²) < 4.78 is 5.56. The Bertz CT molecular complexity index is 490. The van der Waals surface area contributed by atoms with Gasteiger partial charge in [-0.25, -0.2) is 0 Å². The molecule has 1 aromatic rings. The van der Waals surface area contributed by atoms with Crippen LogP contribution in [0.15, 0.2) is 24.3 Å². The molecule has 4 heteroatoms. The van der Waals surface area contributed by atoms with Gasteiger partial charge in [-0.05, 0) is 38.3 Å². The molecule has 22 heavy (non-hydrogen) atoms. The summed E-state index contributed by atoms with van der Waals surface area (Å²) in [5.41, 5.74) is 1.98. The van der Waals surface area contributed by atoms with E-state index in [0.29, 0.717) is 12.5 Å². The second kappa shape index (κ2) is 8.30. The second-order valence-electron chi connectivity index (χ2n) is 6.30. The summed E-state index contributed by atoms with van der Waals surface area (Å²) in [5.74, 6) is 0.0547. The first-order chi connectivity index (χ1) is 10.6. The largest absolute Gasteiger partial charge is 0.380 e. The van der Waals surface area contributed by atoms with Gasteiger partial charge in [0.25, 0.3) is 0 Å². The fourth-order valence-corrected chi connectivity index (χ4v) is 3.19. The zero-order chi connectivity index (χ0) is 15.9. The van der Waals surface area contributed by atoms with Gasteiger partial charge >= 0.3 is 0 Å². The van der Waals surface area contributed by atoms with Gasteiger partial charge in [-0.2, -0.15) is 0 Å². The topological polar surface area (TPSA) is 50.4 Å². The summed E-state index contributed by atoms with van der Waals surface area (Å²) in [6, 6.07) is 8.36. The van der Waals surface area contributed by atoms with Crippen LogP contribution >= 0.6 is 0 Å². The number of methoxy groups -OCH3 is 1. The van der Waals surface area contributed by atoms with E-state index in [4.69, 9.17) is 4.74 Å². The van der Waals surface area contributed by atoms with Crippen molar-refractivity contribution in [1.29, 1.82) is 0 Å². The molecule has 0 aromatic heterocycles. The minimum atomic E-state index is 0.0547. The molecule has 0 bridgehead atoms. The van der Waals surface area contributed by atoms with Crippen LogP contribution in [0.1, 0.15) is 44.6 Å². The second-order valence-corrected chi connectivity index (χ2v) is 6.30. The van der Waals surface area contributed by atoms with Crippen molar-refractivity contribution in [1.82, 2.24) is 5.32 Å². The van der Waals surface area contributed by atoms with Crippen molar-refractivity contribution in [3.8, 4) is 0 Å². The lowest BCUT2D eigenvalue weighted by molar-refractivity contribution is -0.116. The van der Waals surface area contributed by atoms with Crippen LogP contribution in [-0.4, -0.2) is 31.2 Å². The van der Waals surface area contributed by atoms with Gasteiger partial charge in [-0.3, -0.25) is 4.79 Å². The van der Waals surface area contributed by atoms with Gasteiger partial charge in [-0.15, -0.1) is 0 Å². The highest BCUT2D eigenvalue weighted by molar-refractivity contribution is 5.91. The normalized spacial score (nSPS) is 23.0. The molecule has 122 valence electrons. The van der Waals surface area contributed by atoms with Gasteiger partial charge in [0, 0.05) is 31.3 Å². The van der Waals surface area contributed by atoms with E-state index in [1.807, 2.05) is 31.2 Å². The molecule has 2 rings (SSSR count). The molecule has 0 spiro atoms. The number of para-hydroxylation sites is 1. The summed E-state index contributed by atoms with van der Waals surface area (Å²) >= 11 is 0. The van der Waals surface area contributed by atoms with Crippen LogP contribution in [0.2, 0.25) is 0 Å². The first-order valence-electron chi connectivity index (χ1n) is 8.24. The summed E-state index contributed by atoms with van der Waals surface area (Å²) in [6.07, 6.45) is 5.45. The SMILES string of the molecule is CO[C@@H]1CCCC[C@H]1N[C@H](C)CC(=O)Nc1ccccc1C. The minimum Gasteiger partial charge on any atom is -0.380 e. The van der Waals surface area contributed by atoms with Crippen molar-refractivity contribution < 1.29 is 9.53 Å². The molecule has 0 unspecified atom stereocenters. The number of aryl methyl sites for hydroxylation is 1. The van der Waals surface area contributed by atoms with Crippen molar-refractivity contribution in [3.63, 3.8) is 0 Å². The van der Waals surface area contributed by atoms with Crippen LogP contribution < -0.4 is 10.6 Å². The molecule has 3 atom stereocenters. The van der Waals surface area contributed by atoms with Crippen molar-refractivity contribution in [3.05, 3.63) is 29.8 Å². The Balaban J connectivity index is 1.82. The lowest BCUT2D eigenvalue weighted by Gasteiger charge is -2.33. The first kappa shape index (κ1) is 17.0. The minimum absolute atomic E-state index is 0.0547. The smallest absolute Gasteiger partial charge is 0.225 e. The molecule has 1 saturated carbocycles. The molecular formula is C18H28N2O2. The maximum Gasteiger partial charge on any atom is 0.225 e. The molecule has 0 aliphatic heterocycles. The third kappa shape index (κ3) is 4.82. The lowest BCUT2D eigenvalue weighted by atomic mass is 9.91. The van der Waals surface area contributed by atoms with Gasteiger partial charge in [0.1, 0.15) is 0 Å². The summed E-state index contributed by atoms with van der Waals surface area (Å²) in [4.78, 5) is 12.2. The van der Waals surface area contributed by atoms with Crippen LogP contribution in [0.25, 0.3) is 0 Å². The molecule has 2 N–H and O–H groups in total. The maximum absolute atomic E-state index is 12.2. The highest BCUT2D eigenvalue weighted by Crippen LogP contribution is 2.21. The predicted molar refractivity (Wildman–Crippen MR) is 90.1 cm³/mol. The number of nitrogens with one attached hydrogen (secondary N) is 2. The quantitative estimate of drug-likeness (QED) is 0.848. The van der Waals surface area contributed by atoms with Crippen molar-refractivity contribution in [2.45, 2.75) is 64.1 Å². The average molecular weight is 304 g/mol. The number of carbonyl (C=O) groups is 1. The number of benzene rings is 1. The van der Waals surface area contributed by atoms with E-state index < -0.39 is 0 Å². The maximum atomic E-state index is 12.2. The van der Waals surface area contributed by atoms with E-state index in [0.717, 1.165) is 24.1 Å². The fourth-order valence-electron chi connectivity index (χ4n) is 3.19. The molecule has 1 aliphatic carbocycles. The third-order valence-corrected chi connectivity index (χ3v) is 4.41. The Labute approximate surface area is 133 Å². The van der Waals surface area contributed by atoms with Crippen molar-refractivity contribution in [2.24, 2.45) is 0 Å². The number of anilines is 1. The summed E-state index contributed by atoms with van der Waals surface area (Å²) in [7, 11) is 1.78. The molecule has 4 nitrogen and oxygen atoms in total. The molecule has 1 aromatic carbocycles. The fraction of sp³-hybridized carbons (Fsp3) is 0.611. The number of hydrogen-bond acceptors (Lipinski definition) is 3. The molecule has 1 amide bonds. The Morgan fingerprint density at radius 1 is 1.32 bits per heavy atom. The molecule has 1 aliphatic rings. The van der Waals surface area contributed by atoms with Crippen LogP contribution in [0.5, 0.6) is 0 Å². The first-order valence-corrected chi connectivity index (χ1v) is 8.24. The van der Waals surface area contributed by atoms with Gasteiger partial charge in [0.05, 0.1) is 6.10 Å². The Kier molecular flexibility index (Phi) is 6.40.